The van der Waals surface area contributed by atoms with Crippen LogP contribution in [0, 0.1) is 17.2 Å². The Bertz CT molecular complexity index is 718. The topological polar surface area (TPSA) is 76.0 Å². The molecule has 3 rings (SSSR count). The van der Waals surface area contributed by atoms with Gasteiger partial charge < -0.3 is 9.88 Å². The van der Waals surface area contributed by atoms with Crippen molar-refractivity contribution in [1.82, 2.24) is 19.8 Å². The summed E-state index contributed by atoms with van der Waals surface area (Å²) in [6.45, 7) is 0.487. The molecule has 3 unspecified atom stereocenters. The van der Waals surface area contributed by atoms with Crippen LogP contribution in [0.5, 0.6) is 0 Å². The summed E-state index contributed by atoms with van der Waals surface area (Å²) < 4.78 is 16.1. The number of aromatic amines is 1. The maximum Gasteiger partial charge on any atom is 0.268 e. The van der Waals surface area contributed by atoms with Gasteiger partial charge in [0.15, 0.2) is 0 Å². The second-order valence-electron chi connectivity index (χ2n) is 6.31. The molecular weight excluding hydrogens is 309 g/mol. The zero-order chi connectivity index (χ0) is 17.3. The minimum Gasteiger partial charge on any atom is -0.345 e. The van der Waals surface area contributed by atoms with Gasteiger partial charge in [-0.05, 0) is 26.9 Å². The standard InChI is InChI=1S/C17H20FN5O/c1-22(2)14-7-4-10-23(14)16(24)17(18)12(11-19)5-3-6-13(17)15-20-8-9-21-15/h3,5-6,8-9,12,14H,4,7,10H2,1-2H3,(H,20,21). The molecule has 1 aromatic rings. The lowest BCUT2D eigenvalue weighted by Crippen LogP contribution is -2.55. The van der Waals surface area contributed by atoms with Gasteiger partial charge in [0.2, 0.25) is 5.67 Å². The zero-order valence-corrected chi connectivity index (χ0v) is 13.7. The molecule has 0 spiro atoms. The van der Waals surface area contributed by atoms with Crippen molar-refractivity contribution >= 4 is 11.5 Å². The summed E-state index contributed by atoms with van der Waals surface area (Å²) in [6, 6.07) is 1.93. The molecule has 24 heavy (non-hydrogen) atoms. The fourth-order valence-electron chi connectivity index (χ4n) is 3.46. The summed E-state index contributed by atoms with van der Waals surface area (Å²) in [5.41, 5.74) is -2.34. The largest absolute Gasteiger partial charge is 0.345 e. The van der Waals surface area contributed by atoms with Crippen molar-refractivity contribution < 1.29 is 9.18 Å². The summed E-state index contributed by atoms with van der Waals surface area (Å²) in [4.78, 5) is 23.5. The third-order valence-electron chi connectivity index (χ3n) is 4.67. The van der Waals surface area contributed by atoms with E-state index in [1.807, 2.05) is 25.1 Å². The summed E-state index contributed by atoms with van der Waals surface area (Å²) in [5, 5.41) is 9.43. The highest BCUT2D eigenvalue weighted by molar-refractivity contribution is 6.01. The van der Waals surface area contributed by atoms with Crippen molar-refractivity contribution in [2.45, 2.75) is 24.7 Å². The number of rotatable bonds is 3. The van der Waals surface area contributed by atoms with Crippen molar-refractivity contribution in [1.29, 1.82) is 5.26 Å². The third-order valence-corrected chi connectivity index (χ3v) is 4.67. The van der Waals surface area contributed by atoms with Gasteiger partial charge in [-0.15, -0.1) is 0 Å². The minimum absolute atomic E-state index is 0.107. The lowest BCUT2D eigenvalue weighted by Gasteiger charge is -2.38. The monoisotopic (exact) mass is 329 g/mol. The molecule has 0 saturated carbocycles. The first-order valence-electron chi connectivity index (χ1n) is 7.95. The molecule has 7 heteroatoms. The number of carbonyl (C=O) groups is 1. The van der Waals surface area contributed by atoms with Crippen molar-refractivity contribution in [3.8, 4) is 6.07 Å². The first kappa shape index (κ1) is 16.4. The number of aromatic nitrogens is 2. The predicted octanol–water partition coefficient (Wildman–Crippen LogP) is 1.72. The van der Waals surface area contributed by atoms with Crippen molar-refractivity contribution in [2.24, 2.45) is 5.92 Å². The Kier molecular flexibility index (Phi) is 4.24. The Balaban J connectivity index is 2.03. The minimum atomic E-state index is -2.44. The Labute approximate surface area is 140 Å². The lowest BCUT2D eigenvalue weighted by atomic mass is 9.78. The van der Waals surface area contributed by atoms with Crippen LogP contribution >= 0.6 is 0 Å². The van der Waals surface area contributed by atoms with Crippen LogP contribution < -0.4 is 0 Å². The molecule has 1 aliphatic heterocycles. The number of imidazole rings is 1. The summed E-state index contributed by atoms with van der Waals surface area (Å²) in [6.07, 6.45) is 9.08. The summed E-state index contributed by atoms with van der Waals surface area (Å²) in [5.74, 6) is -1.58. The van der Waals surface area contributed by atoms with Crippen LogP contribution in [-0.4, -0.2) is 58.1 Å². The zero-order valence-electron chi connectivity index (χ0n) is 13.7. The normalized spacial score (nSPS) is 29.6. The summed E-state index contributed by atoms with van der Waals surface area (Å²) >= 11 is 0. The van der Waals surface area contributed by atoms with Gasteiger partial charge >= 0.3 is 0 Å². The average molecular weight is 329 g/mol. The first-order valence-corrected chi connectivity index (χ1v) is 7.95. The van der Waals surface area contributed by atoms with E-state index in [0.29, 0.717) is 6.54 Å². The van der Waals surface area contributed by atoms with Gasteiger partial charge in [0, 0.05) is 24.5 Å². The van der Waals surface area contributed by atoms with Crippen LogP contribution in [0.15, 0.2) is 30.6 Å². The van der Waals surface area contributed by atoms with E-state index >= 15 is 4.39 Å². The smallest absolute Gasteiger partial charge is 0.268 e. The van der Waals surface area contributed by atoms with Crippen LogP contribution in [-0.2, 0) is 4.79 Å². The van der Waals surface area contributed by atoms with E-state index in [0.717, 1.165) is 12.8 Å². The number of H-pyrrole nitrogens is 1. The lowest BCUT2D eigenvalue weighted by molar-refractivity contribution is -0.145. The van der Waals surface area contributed by atoms with Crippen LogP contribution in [0.1, 0.15) is 18.7 Å². The first-order chi connectivity index (χ1) is 11.5. The molecule has 1 N–H and O–H groups in total. The van der Waals surface area contributed by atoms with E-state index in [4.69, 9.17) is 0 Å². The fraction of sp³-hybridized carbons (Fsp3) is 0.471. The Hall–Kier alpha value is -2.46. The number of halogens is 1. The number of alkyl halides is 1. The van der Waals surface area contributed by atoms with E-state index in [1.54, 1.807) is 17.2 Å². The Morgan fingerprint density at radius 2 is 2.38 bits per heavy atom. The highest BCUT2D eigenvalue weighted by atomic mass is 19.1. The van der Waals surface area contributed by atoms with E-state index in [-0.39, 0.29) is 17.6 Å². The molecule has 3 atom stereocenters. The van der Waals surface area contributed by atoms with Crippen LogP contribution in [0.2, 0.25) is 0 Å². The molecule has 2 aliphatic rings. The van der Waals surface area contributed by atoms with Gasteiger partial charge in [0.05, 0.1) is 12.2 Å². The number of hydrogen-bond acceptors (Lipinski definition) is 4. The second kappa shape index (κ2) is 6.21. The number of allylic oxidation sites excluding steroid dienone is 3. The van der Waals surface area contributed by atoms with Gasteiger partial charge in [-0.1, -0.05) is 18.2 Å². The van der Waals surface area contributed by atoms with E-state index in [1.165, 1.54) is 18.3 Å². The summed E-state index contributed by atoms with van der Waals surface area (Å²) in [7, 11) is 3.74. The molecule has 1 aliphatic carbocycles. The number of nitrogens with zero attached hydrogens (tertiary/aromatic N) is 4. The van der Waals surface area contributed by atoms with Crippen LogP contribution in [0.4, 0.5) is 4.39 Å². The number of hydrogen-bond donors (Lipinski definition) is 1. The fourth-order valence-corrected chi connectivity index (χ4v) is 3.46. The predicted molar refractivity (Wildman–Crippen MR) is 87.1 cm³/mol. The maximum absolute atomic E-state index is 16.1. The number of nitrogens with one attached hydrogen (secondary N) is 1. The number of amides is 1. The number of carbonyl (C=O) groups excluding carboxylic acids is 1. The number of nitriles is 1. The quantitative estimate of drug-likeness (QED) is 0.916. The van der Waals surface area contributed by atoms with Crippen LogP contribution in [0.25, 0.3) is 5.57 Å². The van der Waals surface area contributed by atoms with Crippen molar-refractivity contribution in [3.63, 3.8) is 0 Å². The molecule has 6 nitrogen and oxygen atoms in total. The molecule has 1 fully saturated rings. The van der Waals surface area contributed by atoms with E-state index in [2.05, 4.69) is 9.97 Å². The Morgan fingerprint density at radius 1 is 1.58 bits per heavy atom. The highest BCUT2D eigenvalue weighted by Crippen LogP contribution is 2.42. The molecular formula is C17H20FN5O. The van der Waals surface area contributed by atoms with Gasteiger partial charge in [0.25, 0.3) is 5.91 Å². The van der Waals surface area contributed by atoms with Gasteiger partial charge in [-0.2, -0.15) is 5.26 Å². The van der Waals surface area contributed by atoms with Crippen molar-refractivity contribution in [2.75, 3.05) is 20.6 Å². The van der Waals surface area contributed by atoms with Gasteiger partial charge in [0.1, 0.15) is 11.7 Å². The molecule has 0 aromatic carbocycles. The average Bonchev–Trinajstić information content (AvgIpc) is 3.25. The van der Waals surface area contributed by atoms with E-state index < -0.39 is 17.5 Å². The molecule has 1 amide bonds. The van der Waals surface area contributed by atoms with Crippen molar-refractivity contribution in [3.05, 3.63) is 36.4 Å². The second-order valence-corrected chi connectivity index (χ2v) is 6.31. The molecule has 0 bridgehead atoms. The van der Waals surface area contributed by atoms with Gasteiger partial charge in [-0.3, -0.25) is 9.69 Å². The third kappa shape index (κ3) is 2.43. The Morgan fingerprint density at radius 3 is 3.00 bits per heavy atom. The highest BCUT2D eigenvalue weighted by Gasteiger charge is 2.54. The molecule has 0 radical (unpaired) electrons. The maximum atomic E-state index is 16.1. The molecule has 1 saturated heterocycles. The molecule has 2 heterocycles. The molecule has 1 aromatic heterocycles. The number of likely N-dealkylation sites (tertiary alicyclic amines) is 1. The molecule has 126 valence electrons. The SMILES string of the molecule is CN(C)C1CCCN1C(=O)C1(F)C(c2ncc[nH]2)=CC=CC1C#N. The van der Waals surface area contributed by atoms with Gasteiger partial charge in [-0.25, -0.2) is 9.37 Å². The van der Waals surface area contributed by atoms with Crippen LogP contribution in [0.3, 0.4) is 0 Å². The van der Waals surface area contributed by atoms with E-state index in [9.17, 15) is 10.1 Å².